The van der Waals surface area contributed by atoms with E-state index >= 15 is 0 Å². The zero-order valence-corrected chi connectivity index (χ0v) is 20.7. The second kappa shape index (κ2) is 10.0. The fraction of sp³-hybridized carbons (Fsp3) is 0.154. The molecule has 3 aromatic heterocycles. The minimum atomic E-state index is -0.359. The standard InChI is InChI=1S/C26H17FN4OS3/c27-16-8-6-15(7-9-16)18-11-21(23-5-2-10-33-23)30-25(20(18)13-29)34-14-24(32)31-26-19(12-28)17-3-1-4-22(17)35-26/h2,5-11H,1,3-4,14H2,(H,31,32). The number of anilines is 1. The van der Waals surface area contributed by atoms with Gasteiger partial charge in [0.15, 0.2) is 0 Å². The molecule has 172 valence electrons. The molecular formula is C26H17FN4OS3. The van der Waals surface area contributed by atoms with Crippen molar-refractivity contribution in [2.75, 3.05) is 11.1 Å². The van der Waals surface area contributed by atoms with E-state index in [0.717, 1.165) is 29.7 Å². The number of amides is 1. The van der Waals surface area contributed by atoms with Gasteiger partial charge < -0.3 is 5.32 Å². The number of hydrogen-bond acceptors (Lipinski definition) is 7. The summed E-state index contributed by atoms with van der Waals surface area (Å²) < 4.78 is 13.5. The highest BCUT2D eigenvalue weighted by molar-refractivity contribution is 8.00. The number of aromatic nitrogens is 1. The van der Waals surface area contributed by atoms with Gasteiger partial charge >= 0.3 is 0 Å². The van der Waals surface area contributed by atoms with Gasteiger partial charge in [-0.05, 0) is 60.0 Å². The van der Waals surface area contributed by atoms with Gasteiger partial charge in [-0.2, -0.15) is 10.5 Å². The fourth-order valence-electron chi connectivity index (χ4n) is 4.05. The van der Waals surface area contributed by atoms with Crippen LogP contribution in [-0.2, 0) is 17.6 Å². The van der Waals surface area contributed by atoms with Crippen LogP contribution in [-0.4, -0.2) is 16.6 Å². The van der Waals surface area contributed by atoms with Crippen LogP contribution in [0.15, 0.2) is 52.9 Å². The van der Waals surface area contributed by atoms with Crippen LogP contribution in [0.25, 0.3) is 21.7 Å². The van der Waals surface area contributed by atoms with Gasteiger partial charge in [0.2, 0.25) is 5.91 Å². The van der Waals surface area contributed by atoms with Gasteiger partial charge in [0.05, 0.1) is 27.5 Å². The Kier molecular flexibility index (Phi) is 6.65. The molecule has 0 bridgehead atoms. The van der Waals surface area contributed by atoms with Crippen molar-refractivity contribution in [3.05, 3.63) is 75.2 Å². The third-order valence-corrected chi connectivity index (χ3v) is 8.73. The molecule has 5 rings (SSSR count). The van der Waals surface area contributed by atoms with Crippen molar-refractivity contribution in [1.82, 2.24) is 4.98 Å². The molecule has 0 fully saturated rings. The largest absolute Gasteiger partial charge is 0.316 e. The van der Waals surface area contributed by atoms with Crippen molar-refractivity contribution < 1.29 is 9.18 Å². The first-order valence-electron chi connectivity index (χ1n) is 10.8. The number of hydrogen-bond donors (Lipinski definition) is 1. The van der Waals surface area contributed by atoms with E-state index in [-0.39, 0.29) is 17.5 Å². The predicted molar refractivity (Wildman–Crippen MR) is 138 cm³/mol. The fourth-order valence-corrected chi connectivity index (χ4v) is 6.79. The van der Waals surface area contributed by atoms with E-state index in [1.54, 1.807) is 12.1 Å². The summed E-state index contributed by atoms with van der Waals surface area (Å²) >= 11 is 4.17. The maximum Gasteiger partial charge on any atom is 0.235 e. The number of carbonyl (C=O) groups is 1. The summed E-state index contributed by atoms with van der Waals surface area (Å²) in [5, 5.41) is 25.4. The Bertz CT molecular complexity index is 1500. The van der Waals surface area contributed by atoms with Crippen LogP contribution in [0.1, 0.15) is 28.0 Å². The number of rotatable bonds is 6. The van der Waals surface area contributed by atoms with E-state index in [9.17, 15) is 19.7 Å². The van der Waals surface area contributed by atoms with E-state index in [1.165, 1.54) is 51.4 Å². The Hall–Kier alpha value is -3.50. The number of nitrogens with zero attached hydrogens (tertiary/aromatic N) is 3. The smallest absolute Gasteiger partial charge is 0.235 e. The summed E-state index contributed by atoms with van der Waals surface area (Å²) in [5.74, 6) is -0.587. The highest BCUT2D eigenvalue weighted by atomic mass is 32.2. The van der Waals surface area contributed by atoms with Crippen LogP contribution in [0.4, 0.5) is 9.39 Å². The number of thioether (sulfide) groups is 1. The van der Waals surface area contributed by atoms with E-state index in [4.69, 9.17) is 4.98 Å². The van der Waals surface area contributed by atoms with Crippen molar-refractivity contribution in [1.29, 1.82) is 10.5 Å². The second-order valence-electron chi connectivity index (χ2n) is 7.84. The molecule has 0 spiro atoms. The third-order valence-electron chi connectivity index (χ3n) is 5.65. The Labute approximate surface area is 213 Å². The van der Waals surface area contributed by atoms with Crippen LogP contribution < -0.4 is 5.32 Å². The van der Waals surface area contributed by atoms with Crippen LogP contribution in [0.5, 0.6) is 0 Å². The van der Waals surface area contributed by atoms with Crippen LogP contribution in [0.2, 0.25) is 0 Å². The topological polar surface area (TPSA) is 89.6 Å². The van der Waals surface area contributed by atoms with Crippen molar-refractivity contribution in [3.63, 3.8) is 0 Å². The first kappa shape index (κ1) is 23.3. The van der Waals surface area contributed by atoms with Gasteiger partial charge in [0.25, 0.3) is 0 Å². The summed E-state index contributed by atoms with van der Waals surface area (Å²) in [5.41, 5.74) is 3.97. The number of nitrogens with one attached hydrogen (secondary N) is 1. The summed E-state index contributed by atoms with van der Waals surface area (Å²) in [6.07, 6.45) is 2.85. The molecule has 1 N–H and O–H groups in total. The van der Waals surface area contributed by atoms with Crippen LogP contribution in [0, 0.1) is 28.5 Å². The Balaban J connectivity index is 1.44. The zero-order chi connectivity index (χ0) is 24.4. The molecule has 0 saturated carbocycles. The van der Waals surface area contributed by atoms with Gasteiger partial charge in [-0.1, -0.05) is 30.0 Å². The molecule has 5 nitrogen and oxygen atoms in total. The number of carbonyl (C=O) groups excluding carboxylic acids is 1. The minimum Gasteiger partial charge on any atom is -0.316 e. The van der Waals surface area contributed by atoms with Gasteiger partial charge in [0.1, 0.15) is 28.0 Å². The third kappa shape index (κ3) is 4.71. The van der Waals surface area contributed by atoms with Crippen LogP contribution in [0.3, 0.4) is 0 Å². The van der Waals surface area contributed by atoms with Crippen molar-refractivity contribution in [2.24, 2.45) is 0 Å². The molecule has 0 unspecified atom stereocenters. The van der Waals surface area contributed by atoms with Crippen molar-refractivity contribution in [2.45, 2.75) is 24.3 Å². The number of thiophene rings is 2. The lowest BCUT2D eigenvalue weighted by Crippen LogP contribution is -2.14. The normalized spacial score (nSPS) is 12.1. The Morgan fingerprint density at radius 3 is 2.66 bits per heavy atom. The lowest BCUT2D eigenvalue weighted by Gasteiger charge is -2.12. The number of halogens is 1. The van der Waals surface area contributed by atoms with Gasteiger partial charge in [-0.3, -0.25) is 4.79 Å². The maximum absolute atomic E-state index is 13.5. The van der Waals surface area contributed by atoms with E-state index in [2.05, 4.69) is 17.5 Å². The van der Waals surface area contributed by atoms with Gasteiger partial charge in [0, 0.05) is 10.4 Å². The number of benzene rings is 1. The first-order valence-corrected chi connectivity index (χ1v) is 13.5. The zero-order valence-electron chi connectivity index (χ0n) is 18.3. The van der Waals surface area contributed by atoms with Gasteiger partial charge in [-0.15, -0.1) is 22.7 Å². The molecule has 1 amide bonds. The van der Waals surface area contributed by atoms with Gasteiger partial charge in [-0.25, -0.2) is 9.37 Å². The molecule has 1 aromatic carbocycles. The summed E-state index contributed by atoms with van der Waals surface area (Å²) in [6.45, 7) is 0. The highest BCUT2D eigenvalue weighted by Crippen LogP contribution is 2.39. The summed E-state index contributed by atoms with van der Waals surface area (Å²) in [6, 6.07) is 16.1. The molecular weight excluding hydrogens is 500 g/mol. The van der Waals surface area contributed by atoms with E-state index < -0.39 is 0 Å². The van der Waals surface area contributed by atoms with E-state index in [1.807, 2.05) is 23.6 Å². The maximum atomic E-state index is 13.5. The SMILES string of the molecule is N#Cc1c(-c2ccc(F)cc2)cc(-c2cccs2)nc1SCC(=O)Nc1sc2c(c1C#N)CCC2. The molecule has 0 aliphatic heterocycles. The average Bonchev–Trinajstić information content (AvgIpc) is 3.61. The molecule has 35 heavy (non-hydrogen) atoms. The molecule has 1 aliphatic rings. The number of nitriles is 2. The quantitative estimate of drug-likeness (QED) is 0.290. The highest BCUT2D eigenvalue weighted by Gasteiger charge is 2.23. The van der Waals surface area contributed by atoms with Crippen LogP contribution >= 0.6 is 34.4 Å². The van der Waals surface area contributed by atoms with E-state index in [0.29, 0.717) is 38.0 Å². The molecule has 9 heteroatoms. The molecule has 4 aromatic rings. The monoisotopic (exact) mass is 516 g/mol. The number of fused-ring (bicyclic) bond motifs is 1. The molecule has 0 atom stereocenters. The van der Waals surface area contributed by atoms with Crippen molar-refractivity contribution >= 4 is 45.3 Å². The molecule has 1 aliphatic carbocycles. The predicted octanol–water partition coefficient (Wildman–Crippen LogP) is 6.64. The Morgan fingerprint density at radius 1 is 1.14 bits per heavy atom. The average molecular weight is 517 g/mol. The number of aryl methyl sites for hydroxylation is 1. The molecule has 0 saturated heterocycles. The molecule has 3 heterocycles. The number of pyridine rings is 1. The summed E-state index contributed by atoms with van der Waals surface area (Å²) in [7, 11) is 0. The molecule has 0 radical (unpaired) electrons. The lowest BCUT2D eigenvalue weighted by molar-refractivity contribution is -0.113. The summed E-state index contributed by atoms with van der Waals surface area (Å²) in [4.78, 5) is 19.6. The second-order valence-corrected chi connectivity index (χ2v) is 10.9. The lowest BCUT2D eigenvalue weighted by atomic mass is 10.0. The van der Waals surface area contributed by atoms with Crippen molar-refractivity contribution in [3.8, 4) is 33.8 Å². The minimum absolute atomic E-state index is 0.0336. The Morgan fingerprint density at radius 2 is 1.94 bits per heavy atom. The first-order chi connectivity index (χ1) is 17.1.